The van der Waals surface area contributed by atoms with E-state index in [1.54, 1.807) is 0 Å². The molecule has 1 aliphatic heterocycles. The molecule has 0 bridgehead atoms. The average molecular weight is 296 g/mol. The van der Waals surface area contributed by atoms with E-state index < -0.39 is 0 Å². The summed E-state index contributed by atoms with van der Waals surface area (Å²) in [4.78, 5) is 6.58. The maximum Gasteiger partial charge on any atom is 0.0429 e. The van der Waals surface area contributed by atoms with Gasteiger partial charge in [-0.05, 0) is 67.6 Å². The zero-order chi connectivity index (χ0) is 15.9. The number of benzene rings is 1. The Labute approximate surface area is 135 Å². The third kappa shape index (κ3) is 4.17. The summed E-state index contributed by atoms with van der Waals surface area (Å²) in [7, 11) is 4.29. The van der Waals surface area contributed by atoms with Gasteiger partial charge in [-0.3, -0.25) is 4.99 Å². The Morgan fingerprint density at radius 1 is 1.36 bits per heavy atom. The van der Waals surface area contributed by atoms with Gasteiger partial charge >= 0.3 is 0 Å². The predicted octanol–water partition coefficient (Wildman–Crippen LogP) is 4.33. The molecular formula is C20H28N2. The summed E-state index contributed by atoms with van der Waals surface area (Å²) >= 11 is 0. The Kier molecular flexibility index (Phi) is 6.14. The first-order chi connectivity index (χ1) is 10.6. The average Bonchev–Trinajstić information content (AvgIpc) is 2.52. The van der Waals surface area contributed by atoms with E-state index in [0.717, 1.165) is 32.4 Å². The molecule has 0 amide bonds. The number of aliphatic imine (C=N–C) groups is 1. The van der Waals surface area contributed by atoms with E-state index in [1.165, 1.54) is 22.3 Å². The van der Waals surface area contributed by atoms with Crippen molar-refractivity contribution in [2.24, 2.45) is 4.99 Å². The van der Waals surface area contributed by atoms with Crippen LogP contribution in [0.4, 0.5) is 0 Å². The van der Waals surface area contributed by atoms with Crippen molar-refractivity contribution in [3.63, 3.8) is 0 Å². The number of rotatable bonds is 7. The fourth-order valence-corrected chi connectivity index (χ4v) is 3.25. The molecule has 2 rings (SSSR count). The summed E-state index contributed by atoms with van der Waals surface area (Å²) in [5, 5.41) is 0. The van der Waals surface area contributed by atoms with Crippen molar-refractivity contribution in [1.29, 1.82) is 0 Å². The number of hydrogen-bond donors (Lipinski definition) is 0. The largest absolute Gasteiger partial charge is 0.309 e. The highest BCUT2D eigenvalue weighted by molar-refractivity contribution is 5.87. The monoisotopic (exact) mass is 296 g/mol. The normalized spacial score (nSPS) is 15.7. The number of likely N-dealkylation sites (N-methyl/N-ethyl adjacent to an activating group) is 1. The van der Waals surface area contributed by atoms with Gasteiger partial charge in [0.15, 0.2) is 0 Å². The van der Waals surface area contributed by atoms with E-state index in [9.17, 15) is 0 Å². The molecule has 2 heteroatoms. The topological polar surface area (TPSA) is 15.6 Å². The van der Waals surface area contributed by atoms with Gasteiger partial charge in [-0.25, -0.2) is 0 Å². The first-order valence-electron chi connectivity index (χ1n) is 8.20. The van der Waals surface area contributed by atoms with Crippen LogP contribution in [-0.4, -0.2) is 38.3 Å². The molecule has 0 saturated heterocycles. The summed E-state index contributed by atoms with van der Waals surface area (Å²) in [6, 6.07) is 6.78. The standard InChI is InChI=1S/C20H28N2/c1-5-6-8-20-18(16(2)15-22(3)4)9-7-10-19(20)17-11-13-21-14-12-17/h5,7,9-11,13,16H,1,6,8,12,14-15H2,2-4H3. The summed E-state index contributed by atoms with van der Waals surface area (Å²) in [6.45, 7) is 8.20. The molecule has 0 fully saturated rings. The van der Waals surface area contributed by atoms with Crippen LogP contribution in [0.15, 0.2) is 41.9 Å². The van der Waals surface area contributed by atoms with Crippen molar-refractivity contribution in [2.45, 2.75) is 32.1 Å². The molecule has 1 aromatic rings. The van der Waals surface area contributed by atoms with Crippen LogP contribution in [0.1, 0.15) is 42.4 Å². The summed E-state index contributed by atoms with van der Waals surface area (Å²) in [5.41, 5.74) is 5.82. The fourth-order valence-electron chi connectivity index (χ4n) is 3.25. The molecule has 1 aliphatic rings. The van der Waals surface area contributed by atoms with Crippen LogP contribution in [0.25, 0.3) is 5.57 Å². The highest BCUT2D eigenvalue weighted by atomic mass is 15.1. The zero-order valence-corrected chi connectivity index (χ0v) is 14.2. The van der Waals surface area contributed by atoms with Crippen LogP contribution in [0.2, 0.25) is 0 Å². The molecule has 2 nitrogen and oxygen atoms in total. The second-order valence-electron chi connectivity index (χ2n) is 6.36. The highest BCUT2D eigenvalue weighted by Gasteiger charge is 2.16. The maximum atomic E-state index is 4.32. The minimum atomic E-state index is 0.535. The first-order valence-corrected chi connectivity index (χ1v) is 8.20. The third-order valence-electron chi connectivity index (χ3n) is 4.22. The Morgan fingerprint density at radius 2 is 2.18 bits per heavy atom. The van der Waals surface area contributed by atoms with Gasteiger partial charge in [0.05, 0.1) is 0 Å². The van der Waals surface area contributed by atoms with Gasteiger partial charge in [0.2, 0.25) is 0 Å². The third-order valence-corrected chi connectivity index (χ3v) is 4.22. The predicted molar refractivity (Wildman–Crippen MR) is 97.9 cm³/mol. The van der Waals surface area contributed by atoms with E-state index in [-0.39, 0.29) is 0 Å². The Balaban J connectivity index is 2.42. The fraction of sp³-hybridized carbons (Fsp3) is 0.450. The van der Waals surface area contributed by atoms with Gasteiger partial charge < -0.3 is 4.90 Å². The lowest BCUT2D eigenvalue weighted by Gasteiger charge is -2.23. The Hall–Kier alpha value is -1.67. The molecule has 0 radical (unpaired) electrons. The number of hydrogen-bond acceptors (Lipinski definition) is 2. The van der Waals surface area contributed by atoms with Crippen LogP contribution < -0.4 is 0 Å². The first kappa shape index (κ1) is 16.7. The van der Waals surface area contributed by atoms with Crippen LogP contribution in [0.3, 0.4) is 0 Å². The molecule has 0 aliphatic carbocycles. The smallest absolute Gasteiger partial charge is 0.0429 e. The van der Waals surface area contributed by atoms with E-state index in [1.807, 2.05) is 12.3 Å². The summed E-state index contributed by atoms with van der Waals surface area (Å²) < 4.78 is 0. The maximum absolute atomic E-state index is 4.32. The second-order valence-corrected chi connectivity index (χ2v) is 6.36. The molecule has 118 valence electrons. The molecule has 0 N–H and O–H groups in total. The van der Waals surface area contributed by atoms with E-state index in [0.29, 0.717) is 5.92 Å². The van der Waals surface area contributed by atoms with Gasteiger partial charge in [0.1, 0.15) is 0 Å². The molecule has 1 atom stereocenters. The van der Waals surface area contributed by atoms with Gasteiger partial charge in [-0.1, -0.05) is 31.2 Å². The van der Waals surface area contributed by atoms with E-state index in [4.69, 9.17) is 0 Å². The van der Waals surface area contributed by atoms with Crippen molar-refractivity contribution in [3.8, 4) is 0 Å². The molecular weight excluding hydrogens is 268 g/mol. The van der Waals surface area contributed by atoms with Crippen molar-refractivity contribution < 1.29 is 0 Å². The van der Waals surface area contributed by atoms with Crippen LogP contribution >= 0.6 is 0 Å². The van der Waals surface area contributed by atoms with Crippen molar-refractivity contribution in [1.82, 2.24) is 4.90 Å². The molecule has 1 heterocycles. The van der Waals surface area contributed by atoms with E-state index in [2.05, 4.69) is 61.8 Å². The molecule has 1 aromatic carbocycles. The Morgan fingerprint density at radius 3 is 2.82 bits per heavy atom. The van der Waals surface area contributed by atoms with Gasteiger partial charge in [0.25, 0.3) is 0 Å². The number of allylic oxidation sites excluding steroid dienone is 2. The molecule has 0 saturated carbocycles. The van der Waals surface area contributed by atoms with E-state index >= 15 is 0 Å². The summed E-state index contributed by atoms with van der Waals surface area (Å²) in [6.07, 6.45) is 9.29. The lowest BCUT2D eigenvalue weighted by molar-refractivity contribution is 0.382. The summed E-state index contributed by atoms with van der Waals surface area (Å²) in [5.74, 6) is 0.535. The minimum Gasteiger partial charge on any atom is -0.309 e. The lowest BCUT2D eigenvalue weighted by atomic mass is 9.85. The second kappa shape index (κ2) is 8.09. The van der Waals surface area contributed by atoms with Gasteiger partial charge in [-0.15, -0.1) is 6.58 Å². The van der Waals surface area contributed by atoms with Crippen molar-refractivity contribution >= 4 is 11.8 Å². The number of dihydropyridines is 1. The van der Waals surface area contributed by atoms with Crippen LogP contribution in [-0.2, 0) is 6.42 Å². The van der Waals surface area contributed by atoms with Crippen LogP contribution in [0.5, 0.6) is 0 Å². The highest BCUT2D eigenvalue weighted by Crippen LogP contribution is 2.31. The SMILES string of the molecule is C=CCCc1c(C2=CC=NCC2)cccc1C(C)CN(C)C. The minimum absolute atomic E-state index is 0.535. The van der Waals surface area contributed by atoms with Gasteiger partial charge in [-0.2, -0.15) is 0 Å². The molecule has 0 spiro atoms. The van der Waals surface area contributed by atoms with Crippen molar-refractivity contribution in [3.05, 3.63) is 53.6 Å². The molecule has 22 heavy (non-hydrogen) atoms. The quantitative estimate of drug-likeness (QED) is 0.684. The Bertz CT molecular complexity index is 567. The van der Waals surface area contributed by atoms with Crippen molar-refractivity contribution in [2.75, 3.05) is 27.2 Å². The molecule has 0 aromatic heterocycles. The zero-order valence-electron chi connectivity index (χ0n) is 14.2. The number of nitrogens with zero attached hydrogens (tertiary/aromatic N) is 2. The lowest BCUT2D eigenvalue weighted by Crippen LogP contribution is -2.19. The van der Waals surface area contributed by atoms with Gasteiger partial charge in [0, 0.05) is 19.3 Å². The van der Waals surface area contributed by atoms with Crippen LogP contribution in [0, 0.1) is 0 Å². The molecule has 1 unspecified atom stereocenters.